The summed E-state index contributed by atoms with van der Waals surface area (Å²) >= 11 is 0. The first-order valence-corrected chi connectivity index (χ1v) is 15.0. The molecule has 1 rings (SSSR count). The highest BCUT2D eigenvalue weighted by atomic mass is 28.3. The topological polar surface area (TPSA) is 51.1 Å². The van der Waals surface area contributed by atoms with Crippen molar-refractivity contribution < 1.29 is 14.3 Å². The van der Waals surface area contributed by atoms with Gasteiger partial charge in [0.05, 0.1) is 32.9 Å². The molecular weight excluding hydrogens is 392 g/mol. The summed E-state index contributed by atoms with van der Waals surface area (Å²) in [6, 6.07) is 0.301. The van der Waals surface area contributed by atoms with Gasteiger partial charge in [-0.1, -0.05) is 79.3 Å². The second-order valence-electron chi connectivity index (χ2n) is 10.5. The van der Waals surface area contributed by atoms with Gasteiger partial charge in [-0.05, 0) is 24.3 Å². The highest BCUT2D eigenvalue weighted by Crippen LogP contribution is 2.54. The molecule has 0 aromatic rings. The van der Waals surface area contributed by atoms with Crippen LogP contribution in [0, 0.1) is 0 Å². The van der Waals surface area contributed by atoms with Crippen molar-refractivity contribution >= 4 is 20.3 Å². The molecule has 1 fully saturated rings. The maximum Gasteiger partial charge on any atom is 0.314 e. The van der Waals surface area contributed by atoms with Crippen LogP contribution in [-0.4, -0.2) is 58.7 Å². The SMILES string of the molecule is CCCCCCCC[C@@](/C=N/N1CCC[C@H]1COC)(C(=O)OC)[Si](C)(C)C(C)(C)C. The van der Waals surface area contributed by atoms with Gasteiger partial charge in [0, 0.05) is 19.9 Å². The van der Waals surface area contributed by atoms with Crippen LogP contribution in [0.15, 0.2) is 5.10 Å². The molecule has 1 saturated heterocycles. The normalized spacial score (nSPS) is 20.0. The first kappa shape index (κ1) is 27.2. The molecule has 176 valence electrons. The first-order valence-electron chi connectivity index (χ1n) is 12.0. The lowest BCUT2D eigenvalue weighted by molar-refractivity contribution is -0.142. The van der Waals surface area contributed by atoms with E-state index < -0.39 is 13.1 Å². The maximum atomic E-state index is 13.4. The van der Waals surface area contributed by atoms with Gasteiger partial charge in [0.15, 0.2) is 0 Å². The quantitative estimate of drug-likeness (QED) is 0.147. The molecule has 0 saturated carbocycles. The smallest absolute Gasteiger partial charge is 0.314 e. The van der Waals surface area contributed by atoms with Crippen LogP contribution < -0.4 is 0 Å². The lowest BCUT2D eigenvalue weighted by Gasteiger charge is -2.49. The average Bonchev–Trinajstić information content (AvgIpc) is 3.12. The van der Waals surface area contributed by atoms with E-state index in [0.717, 1.165) is 38.6 Å². The molecule has 0 aromatic heterocycles. The number of hydrogen-bond acceptors (Lipinski definition) is 5. The molecule has 0 aromatic carbocycles. The molecule has 0 unspecified atom stereocenters. The Labute approximate surface area is 187 Å². The summed E-state index contributed by atoms with van der Waals surface area (Å²) in [4.78, 5) is 13.4. The fourth-order valence-electron chi connectivity index (χ4n) is 4.49. The van der Waals surface area contributed by atoms with Crippen molar-refractivity contribution in [3.63, 3.8) is 0 Å². The number of rotatable bonds is 13. The Bertz CT molecular complexity index is 545. The molecule has 5 nitrogen and oxygen atoms in total. The Morgan fingerprint density at radius 1 is 1.13 bits per heavy atom. The van der Waals surface area contributed by atoms with E-state index in [1.165, 1.54) is 32.8 Å². The number of methoxy groups -OCH3 is 2. The molecule has 0 N–H and O–H groups in total. The van der Waals surface area contributed by atoms with Crippen LogP contribution in [0.2, 0.25) is 23.2 Å². The number of ether oxygens (including phenoxy) is 2. The van der Waals surface area contributed by atoms with E-state index in [1.807, 2.05) is 6.21 Å². The third-order valence-electron chi connectivity index (χ3n) is 7.60. The number of esters is 1. The van der Waals surface area contributed by atoms with E-state index in [1.54, 1.807) is 7.11 Å². The van der Waals surface area contributed by atoms with Crippen molar-refractivity contribution in [3.8, 4) is 0 Å². The summed E-state index contributed by atoms with van der Waals surface area (Å²) < 4.78 is 10.8. The lowest BCUT2D eigenvalue weighted by Crippen LogP contribution is -2.55. The second kappa shape index (κ2) is 12.2. The molecular formula is C24H48N2O3Si. The van der Waals surface area contributed by atoms with E-state index in [9.17, 15) is 4.79 Å². The summed E-state index contributed by atoms with van der Waals surface area (Å²) in [6.45, 7) is 15.3. The van der Waals surface area contributed by atoms with Crippen LogP contribution in [0.3, 0.4) is 0 Å². The minimum absolute atomic E-state index is 0.0480. The summed E-state index contributed by atoms with van der Waals surface area (Å²) in [5.41, 5.74) is 0. The predicted octanol–water partition coefficient (Wildman–Crippen LogP) is 6.26. The highest BCUT2D eigenvalue weighted by molar-refractivity contribution is 6.88. The van der Waals surface area contributed by atoms with E-state index >= 15 is 0 Å². The Morgan fingerprint density at radius 3 is 2.33 bits per heavy atom. The molecule has 0 bridgehead atoms. The first-order chi connectivity index (χ1) is 14.1. The monoisotopic (exact) mass is 440 g/mol. The van der Waals surface area contributed by atoms with Gasteiger partial charge in [-0.25, -0.2) is 0 Å². The van der Waals surface area contributed by atoms with Crippen LogP contribution in [0.1, 0.15) is 85.5 Å². The highest BCUT2D eigenvalue weighted by Gasteiger charge is 2.57. The van der Waals surface area contributed by atoms with Gasteiger partial charge < -0.3 is 9.47 Å². The van der Waals surface area contributed by atoms with E-state index in [4.69, 9.17) is 14.6 Å². The van der Waals surface area contributed by atoms with Crippen molar-refractivity contribution in [2.75, 3.05) is 27.4 Å². The van der Waals surface area contributed by atoms with Crippen molar-refractivity contribution in [2.24, 2.45) is 5.10 Å². The molecule has 0 aliphatic carbocycles. The minimum Gasteiger partial charge on any atom is -0.469 e. The van der Waals surface area contributed by atoms with Gasteiger partial charge in [0.2, 0.25) is 0 Å². The van der Waals surface area contributed by atoms with E-state index in [0.29, 0.717) is 12.6 Å². The summed E-state index contributed by atoms with van der Waals surface area (Å²) in [5, 5.41) is 6.50. The lowest BCUT2D eigenvalue weighted by atomic mass is 9.99. The zero-order chi connectivity index (χ0) is 22.8. The van der Waals surface area contributed by atoms with Crippen LogP contribution in [-0.2, 0) is 14.3 Å². The molecule has 0 spiro atoms. The van der Waals surface area contributed by atoms with Gasteiger partial charge in [-0.15, -0.1) is 0 Å². The second-order valence-corrected chi connectivity index (χ2v) is 16.2. The van der Waals surface area contributed by atoms with Gasteiger partial charge in [0.25, 0.3) is 0 Å². The van der Waals surface area contributed by atoms with Crippen molar-refractivity contribution in [1.82, 2.24) is 5.01 Å². The Kier molecular flexibility index (Phi) is 11.1. The molecule has 1 aliphatic heterocycles. The van der Waals surface area contributed by atoms with Gasteiger partial charge >= 0.3 is 5.97 Å². The average molecular weight is 441 g/mol. The Balaban J connectivity index is 3.19. The van der Waals surface area contributed by atoms with Crippen molar-refractivity contribution in [2.45, 2.75) is 115 Å². The Hall–Kier alpha value is -0.883. The van der Waals surface area contributed by atoms with E-state index in [-0.39, 0.29) is 11.0 Å². The van der Waals surface area contributed by atoms with Crippen LogP contribution in [0.4, 0.5) is 0 Å². The zero-order valence-electron chi connectivity index (χ0n) is 21.1. The standard InChI is InChI=1S/C24H48N2O3Si/c1-9-10-11-12-13-14-17-24(22(27)29-6,30(7,8)23(2,3)4)20-25-26-18-15-16-21(26)19-28-5/h20-21H,9-19H2,1-8H3/b25-20+/t21-,24+/m0/s1. The maximum absolute atomic E-state index is 13.4. The summed E-state index contributed by atoms with van der Waals surface area (Å²) in [5.74, 6) is -0.103. The zero-order valence-corrected chi connectivity index (χ0v) is 22.1. The number of hydrazone groups is 1. The fourth-order valence-corrected chi connectivity index (χ4v) is 7.62. The molecule has 1 heterocycles. The molecule has 0 amide bonds. The molecule has 30 heavy (non-hydrogen) atoms. The number of carbonyl (C=O) groups excluding carboxylic acids is 1. The van der Waals surface area contributed by atoms with Crippen molar-refractivity contribution in [3.05, 3.63) is 0 Å². The van der Waals surface area contributed by atoms with Gasteiger partial charge in [-0.3, -0.25) is 9.80 Å². The van der Waals surface area contributed by atoms with Crippen molar-refractivity contribution in [1.29, 1.82) is 0 Å². The fraction of sp³-hybridized carbons (Fsp3) is 0.917. The van der Waals surface area contributed by atoms with Crippen LogP contribution >= 0.6 is 0 Å². The predicted molar refractivity (Wildman–Crippen MR) is 130 cm³/mol. The summed E-state index contributed by atoms with van der Waals surface area (Å²) in [6.07, 6.45) is 12.3. The third kappa shape index (κ3) is 6.56. The Morgan fingerprint density at radius 2 is 1.77 bits per heavy atom. The molecule has 0 radical (unpaired) electrons. The van der Waals surface area contributed by atoms with Gasteiger partial charge in [0.1, 0.15) is 0 Å². The largest absolute Gasteiger partial charge is 0.469 e. The van der Waals surface area contributed by atoms with E-state index in [2.05, 4.69) is 45.8 Å². The third-order valence-corrected chi connectivity index (χ3v) is 14.2. The number of hydrogen-bond donors (Lipinski definition) is 0. The van der Waals surface area contributed by atoms with Crippen LogP contribution in [0.25, 0.3) is 0 Å². The van der Waals surface area contributed by atoms with Crippen LogP contribution in [0.5, 0.6) is 0 Å². The van der Waals surface area contributed by atoms with Gasteiger partial charge in [-0.2, -0.15) is 5.10 Å². The molecule has 2 atom stereocenters. The number of nitrogens with zero attached hydrogens (tertiary/aromatic N) is 2. The molecule has 6 heteroatoms. The number of carbonyl (C=O) groups is 1. The minimum atomic E-state index is -2.14. The molecule has 1 aliphatic rings. The summed E-state index contributed by atoms with van der Waals surface area (Å²) in [7, 11) is 1.14. The number of unbranched alkanes of at least 4 members (excludes halogenated alkanes) is 5.